The molecular formula is C14H15NO5. The van der Waals surface area contributed by atoms with Gasteiger partial charge in [0.1, 0.15) is 19.0 Å². The normalized spacial score (nSPS) is 16.8. The van der Waals surface area contributed by atoms with Crippen molar-refractivity contribution in [3.8, 4) is 5.75 Å². The Balaban J connectivity index is 2.30. The second-order valence-corrected chi connectivity index (χ2v) is 4.27. The molecule has 2 rings (SSSR count). The van der Waals surface area contributed by atoms with Crippen molar-refractivity contribution in [1.82, 2.24) is 0 Å². The fraction of sp³-hybridized carbons (Fsp3) is 0.286. The van der Waals surface area contributed by atoms with Gasteiger partial charge in [0.05, 0.1) is 18.2 Å². The van der Waals surface area contributed by atoms with Crippen molar-refractivity contribution < 1.29 is 24.2 Å². The molecule has 0 bridgehead atoms. The predicted molar refractivity (Wildman–Crippen MR) is 72.0 cm³/mol. The SMILES string of the molecule is C=CCOC(=O)N1c2ccccc2OCC1CC(=O)O. The van der Waals surface area contributed by atoms with Crippen LogP contribution in [0.2, 0.25) is 0 Å². The predicted octanol–water partition coefficient (Wildman–Crippen LogP) is 2.05. The molecule has 0 spiro atoms. The number of carboxylic acid groups (broad SMARTS) is 1. The summed E-state index contributed by atoms with van der Waals surface area (Å²) in [5.41, 5.74) is 0.513. The van der Waals surface area contributed by atoms with Crippen LogP contribution in [-0.2, 0) is 9.53 Å². The summed E-state index contributed by atoms with van der Waals surface area (Å²) in [5, 5.41) is 8.94. The molecule has 6 heteroatoms. The van der Waals surface area contributed by atoms with E-state index in [9.17, 15) is 9.59 Å². The van der Waals surface area contributed by atoms with E-state index in [0.717, 1.165) is 0 Å². The number of aliphatic carboxylic acids is 1. The zero-order valence-electron chi connectivity index (χ0n) is 10.8. The molecule has 0 saturated heterocycles. The molecule has 1 N–H and O–H groups in total. The van der Waals surface area contributed by atoms with Gasteiger partial charge in [0.15, 0.2) is 0 Å². The molecule has 6 nitrogen and oxygen atoms in total. The van der Waals surface area contributed by atoms with Crippen molar-refractivity contribution in [2.45, 2.75) is 12.5 Å². The second kappa shape index (κ2) is 6.10. The average molecular weight is 277 g/mol. The maximum atomic E-state index is 12.1. The topological polar surface area (TPSA) is 76.1 Å². The molecule has 1 aromatic rings. The van der Waals surface area contributed by atoms with Crippen LogP contribution in [-0.4, -0.2) is 36.4 Å². The molecule has 1 unspecified atom stereocenters. The number of amides is 1. The van der Waals surface area contributed by atoms with Crippen LogP contribution in [0.4, 0.5) is 10.5 Å². The summed E-state index contributed by atoms with van der Waals surface area (Å²) < 4.78 is 10.5. The number of benzene rings is 1. The van der Waals surface area contributed by atoms with Crippen molar-refractivity contribution in [1.29, 1.82) is 0 Å². The minimum Gasteiger partial charge on any atom is -0.489 e. The van der Waals surface area contributed by atoms with Crippen molar-refractivity contribution in [2.24, 2.45) is 0 Å². The molecule has 1 aromatic carbocycles. The summed E-state index contributed by atoms with van der Waals surface area (Å²) >= 11 is 0. The molecule has 0 fully saturated rings. The fourth-order valence-corrected chi connectivity index (χ4v) is 2.03. The largest absolute Gasteiger partial charge is 0.489 e. The first-order valence-electron chi connectivity index (χ1n) is 6.14. The van der Waals surface area contributed by atoms with E-state index in [1.807, 2.05) is 0 Å². The third kappa shape index (κ3) is 2.90. The Hall–Kier alpha value is -2.50. The summed E-state index contributed by atoms with van der Waals surface area (Å²) in [6.45, 7) is 3.66. The van der Waals surface area contributed by atoms with Crippen LogP contribution in [0.15, 0.2) is 36.9 Å². The van der Waals surface area contributed by atoms with Crippen LogP contribution in [0.1, 0.15) is 6.42 Å². The van der Waals surface area contributed by atoms with Gasteiger partial charge in [-0.3, -0.25) is 9.69 Å². The van der Waals surface area contributed by atoms with E-state index in [1.54, 1.807) is 24.3 Å². The Labute approximate surface area is 116 Å². The summed E-state index contributed by atoms with van der Waals surface area (Å²) in [6.07, 6.45) is 0.639. The number of ether oxygens (including phenoxy) is 2. The van der Waals surface area contributed by atoms with Gasteiger partial charge in [-0.05, 0) is 12.1 Å². The number of carboxylic acids is 1. The van der Waals surface area contributed by atoms with Crippen LogP contribution in [0, 0.1) is 0 Å². The van der Waals surface area contributed by atoms with E-state index < -0.39 is 18.1 Å². The van der Waals surface area contributed by atoms with Crippen LogP contribution in [0.3, 0.4) is 0 Å². The van der Waals surface area contributed by atoms with Crippen molar-refractivity contribution in [2.75, 3.05) is 18.1 Å². The van der Waals surface area contributed by atoms with Gasteiger partial charge in [-0.25, -0.2) is 4.79 Å². The van der Waals surface area contributed by atoms with Gasteiger partial charge in [-0.2, -0.15) is 0 Å². The third-order valence-electron chi connectivity index (χ3n) is 2.85. The Kier molecular flexibility index (Phi) is 4.24. The Morgan fingerprint density at radius 1 is 1.50 bits per heavy atom. The lowest BCUT2D eigenvalue weighted by Gasteiger charge is -2.35. The van der Waals surface area contributed by atoms with E-state index in [1.165, 1.54) is 11.0 Å². The molecule has 0 aromatic heterocycles. The average Bonchev–Trinajstić information content (AvgIpc) is 2.44. The number of fused-ring (bicyclic) bond motifs is 1. The van der Waals surface area contributed by atoms with E-state index in [4.69, 9.17) is 14.6 Å². The molecule has 1 atom stereocenters. The Morgan fingerprint density at radius 3 is 2.95 bits per heavy atom. The molecular weight excluding hydrogens is 262 g/mol. The van der Waals surface area contributed by atoms with Gasteiger partial charge in [-0.15, -0.1) is 0 Å². The Bertz CT molecular complexity index is 528. The number of para-hydroxylation sites is 2. The summed E-state index contributed by atoms with van der Waals surface area (Å²) in [7, 11) is 0. The monoisotopic (exact) mass is 277 g/mol. The minimum absolute atomic E-state index is 0.0676. The first kappa shape index (κ1) is 13.9. The number of rotatable bonds is 4. The highest BCUT2D eigenvalue weighted by atomic mass is 16.6. The molecule has 20 heavy (non-hydrogen) atoms. The zero-order chi connectivity index (χ0) is 14.5. The van der Waals surface area contributed by atoms with Crippen molar-refractivity contribution in [3.63, 3.8) is 0 Å². The quantitative estimate of drug-likeness (QED) is 0.852. The zero-order valence-corrected chi connectivity index (χ0v) is 10.8. The minimum atomic E-state index is -1.00. The lowest BCUT2D eigenvalue weighted by molar-refractivity contribution is -0.137. The molecule has 1 heterocycles. The number of carbonyl (C=O) groups excluding carboxylic acids is 1. The number of hydrogen-bond donors (Lipinski definition) is 1. The van der Waals surface area contributed by atoms with Gasteiger partial charge in [0.25, 0.3) is 0 Å². The van der Waals surface area contributed by atoms with Gasteiger partial charge in [0, 0.05) is 0 Å². The summed E-state index contributed by atoms with van der Waals surface area (Å²) in [4.78, 5) is 24.4. The van der Waals surface area contributed by atoms with Crippen molar-refractivity contribution >= 4 is 17.7 Å². The molecule has 1 aliphatic rings. The van der Waals surface area contributed by atoms with Gasteiger partial charge in [-0.1, -0.05) is 24.8 Å². The molecule has 1 aliphatic heterocycles. The molecule has 0 saturated carbocycles. The highest BCUT2D eigenvalue weighted by Gasteiger charge is 2.34. The smallest absolute Gasteiger partial charge is 0.415 e. The van der Waals surface area contributed by atoms with Crippen LogP contribution < -0.4 is 9.64 Å². The van der Waals surface area contributed by atoms with E-state index in [2.05, 4.69) is 6.58 Å². The number of nitrogens with zero attached hydrogens (tertiary/aromatic N) is 1. The second-order valence-electron chi connectivity index (χ2n) is 4.27. The van der Waals surface area contributed by atoms with E-state index >= 15 is 0 Å². The number of carbonyl (C=O) groups is 2. The summed E-state index contributed by atoms with van der Waals surface area (Å²) in [6, 6.07) is 6.35. The molecule has 0 radical (unpaired) electrons. The van der Waals surface area contributed by atoms with E-state index in [-0.39, 0.29) is 19.6 Å². The maximum Gasteiger partial charge on any atom is 0.415 e. The lowest BCUT2D eigenvalue weighted by atomic mass is 10.1. The van der Waals surface area contributed by atoms with Gasteiger partial charge in [0.2, 0.25) is 0 Å². The molecule has 1 amide bonds. The standard InChI is InChI=1S/C14H15NO5/c1-2-7-19-14(18)15-10(8-13(16)17)9-20-12-6-4-3-5-11(12)15/h2-6,10H,1,7-9H2,(H,16,17). The highest BCUT2D eigenvalue weighted by molar-refractivity contribution is 5.91. The fourth-order valence-electron chi connectivity index (χ4n) is 2.03. The number of hydrogen-bond acceptors (Lipinski definition) is 4. The third-order valence-corrected chi connectivity index (χ3v) is 2.85. The first-order valence-corrected chi connectivity index (χ1v) is 6.14. The van der Waals surface area contributed by atoms with Gasteiger partial charge >= 0.3 is 12.1 Å². The van der Waals surface area contributed by atoms with E-state index in [0.29, 0.717) is 11.4 Å². The first-order chi connectivity index (χ1) is 9.63. The summed E-state index contributed by atoms with van der Waals surface area (Å²) in [5.74, 6) is -0.468. The molecule has 0 aliphatic carbocycles. The van der Waals surface area contributed by atoms with Crippen molar-refractivity contribution in [3.05, 3.63) is 36.9 Å². The highest BCUT2D eigenvalue weighted by Crippen LogP contribution is 2.34. The number of anilines is 1. The van der Waals surface area contributed by atoms with Crippen LogP contribution in [0.25, 0.3) is 0 Å². The lowest BCUT2D eigenvalue weighted by Crippen LogP contribution is -2.48. The van der Waals surface area contributed by atoms with Crippen LogP contribution >= 0.6 is 0 Å². The molecule has 106 valence electrons. The maximum absolute atomic E-state index is 12.1. The van der Waals surface area contributed by atoms with Gasteiger partial charge < -0.3 is 14.6 Å². The Morgan fingerprint density at radius 2 is 2.25 bits per heavy atom. The van der Waals surface area contributed by atoms with Crippen LogP contribution in [0.5, 0.6) is 5.75 Å².